The minimum atomic E-state index is -1.58. The molecule has 57 heavy (non-hydrogen) atoms. The number of carbonyl (C=O) groups excluding carboxylic acids is 8. The molecule has 1 fully saturated rings. The highest BCUT2D eigenvalue weighted by atomic mass is 32.1. The standard InChI is InChI=1S/C35H52N4O17S/c1-18(52-30(43)19(2)50-24(7)40)29(42)39(35(9,10)11)16-26(17-49-28-27(36-57-37-28)38-12-14-48-15-13-38)56-34(47)23(6)55-33(46)22(5)54-32(45)21(4)53-31(44)20(3)51-25(8)41/h18-23,26H,12-17H2,1-11H3. The third-order valence-electron chi connectivity index (χ3n) is 7.77. The average Bonchev–Trinajstić information content (AvgIpc) is 3.60. The minimum Gasteiger partial charge on any atom is -0.470 e. The smallest absolute Gasteiger partial charge is 0.347 e. The largest absolute Gasteiger partial charge is 0.470 e. The van der Waals surface area contributed by atoms with Gasteiger partial charge in [-0.05, 0) is 62.3 Å². The fourth-order valence-corrected chi connectivity index (χ4v) is 5.30. The molecule has 0 saturated carbocycles. The zero-order valence-electron chi connectivity index (χ0n) is 33.9. The molecular weight excluding hydrogens is 780 g/mol. The van der Waals surface area contributed by atoms with E-state index in [-0.39, 0.29) is 19.0 Å². The maximum atomic E-state index is 13.8. The Balaban J connectivity index is 2.22. The lowest BCUT2D eigenvalue weighted by atomic mass is 10.0. The first-order valence-corrected chi connectivity index (χ1v) is 18.7. The van der Waals surface area contributed by atoms with E-state index in [0.29, 0.717) is 32.1 Å². The number of ether oxygens (including phenoxy) is 9. The lowest BCUT2D eigenvalue weighted by molar-refractivity contribution is -0.186. The Labute approximate surface area is 334 Å². The lowest BCUT2D eigenvalue weighted by Crippen LogP contribution is -2.54. The van der Waals surface area contributed by atoms with Gasteiger partial charge in [0.25, 0.3) is 11.8 Å². The number of esters is 7. The Bertz CT molecular complexity index is 1590. The van der Waals surface area contributed by atoms with Gasteiger partial charge in [0.2, 0.25) is 5.82 Å². The molecule has 0 radical (unpaired) electrons. The summed E-state index contributed by atoms with van der Waals surface area (Å²) >= 11 is 0.895. The van der Waals surface area contributed by atoms with Crippen LogP contribution >= 0.6 is 11.7 Å². The van der Waals surface area contributed by atoms with Crippen molar-refractivity contribution in [1.82, 2.24) is 13.6 Å². The molecule has 7 atom stereocenters. The summed E-state index contributed by atoms with van der Waals surface area (Å²) in [5, 5.41) is 0. The molecule has 0 N–H and O–H groups in total. The molecular formula is C35H52N4O17S. The van der Waals surface area contributed by atoms with Crippen molar-refractivity contribution in [1.29, 1.82) is 0 Å². The Morgan fingerprint density at radius 1 is 0.649 bits per heavy atom. The average molecular weight is 833 g/mol. The van der Waals surface area contributed by atoms with Gasteiger partial charge in [-0.15, -0.1) is 4.37 Å². The first kappa shape index (κ1) is 48.0. The molecule has 320 valence electrons. The van der Waals surface area contributed by atoms with Gasteiger partial charge in [-0.3, -0.25) is 14.4 Å². The summed E-state index contributed by atoms with van der Waals surface area (Å²) in [7, 11) is 0. The molecule has 0 bridgehead atoms. The minimum absolute atomic E-state index is 0.134. The van der Waals surface area contributed by atoms with E-state index in [0.717, 1.165) is 32.5 Å². The van der Waals surface area contributed by atoms with E-state index >= 15 is 0 Å². The molecule has 7 unspecified atom stereocenters. The number of aromatic nitrogens is 2. The molecule has 1 saturated heterocycles. The summed E-state index contributed by atoms with van der Waals surface area (Å²) in [5.41, 5.74) is -0.952. The van der Waals surface area contributed by atoms with Crippen LogP contribution in [-0.2, 0) is 76.3 Å². The van der Waals surface area contributed by atoms with Crippen molar-refractivity contribution in [3.05, 3.63) is 0 Å². The molecule has 1 aliphatic heterocycles. The van der Waals surface area contributed by atoms with E-state index < -0.39 is 96.0 Å². The Kier molecular flexibility index (Phi) is 18.5. The van der Waals surface area contributed by atoms with Crippen LogP contribution in [0.15, 0.2) is 0 Å². The number of hydrogen-bond acceptors (Lipinski definition) is 21. The zero-order valence-corrected chi connectivity index (χ0v) is 34.7. The molecule has 2 rings (SSSR count). The van der Waals surface area contributed by atoms with Crippen LogP contribution in [0, 0.1) is 0 Å². The maximum Gasteiger partial charge on any atom is 0.347 e. The number of carbonyl (C=O) groups is 8. The molecule has 1 aromatic rings. The molecule has 2 heterocycles. The molecule has 1 amide bonds. The topological polar surface area (TPSA) is 252 Å². The molecule has 22 heteroatoms. The molecule has 0 spiro atoms. The van der Waals surface area contributed by atoms with E-state index in [4.69, 9.17) is 42.6 Å². The van der Waals surface area contributed by atoms with Gasteiger partial charge < -0.3 is 52.4 Å². The van der Waals surface area contributed by atoms with Crippen LogP contribution in [0.3, 0.4) is 0 Å². The summed E-state index contributed by atoms with van der Waals surface area (Å²) in [6.45, 7) is 16.0. The molecule has 0 aliphatic carbocycles. The monoisotopic (exact) mass is 832 g/mol. The van der Waals surface area contributed by atoms with Gasteiger partial charge in [0.05, 0.1) is 31.5 Å². The summed E-state index contributed by atoms with van der Waals surface area (Å²) in [4.78, 5) is 103. The second-order valence-corrected chi connectivity index (χ2v) is 14.3. The van der Waals surface area contributed by atoms with Crippen LogP contribution in [0.4, 0.5) is 5.82 Å². The van der Waals surface area contributed by atoms with E-state index in [1.165, 1.54) is 39.5 Å². The van der Waals surface area contributed by atoms with Gasteiger partial charge in [0.1, 0.15) is 6.61 Å². The van der Waals surface area contributed by atoms with E-state index in [2.05, 4.69) is 8.75 Å². The Morgan fingerprint density at radius 2 is 1.05 bits per heavy atom. The second-order valence-electron chi connectivity index (χ2n) is 13.8. The first-order chi connectivity index (χ1) is 26.5. The summed E-state index contributed by atoms with van der Waals surface area (Å²) in [5.74, 6) is -6.92. The number of amides is 1. The van der Waals surface area contributed by atoms with Crippen LogP contribution in [-0.4, -0.2) is 149 Å². The summed E-state index contributed by atoms with van der Waals surface area (Å²) < 4.78 is 55.7. The molecule has 0 aromatic carbocycles. The first-order valence-electron chi connectivity index (χ1n) is 18.0. The van der Waals surface area contributed by atoms with Gasteiger partial charge in [-0.1, -0.05) is 0 Å². The summed E-state index contributed by atoms with van der Waals surface area (Å²) in [6, 6.07) is 0. The van der Waals surface area contributed by atoms with E-state index in [9.17, 15) is 38.4 Å². The predicted molar refractivity (Wildman–Crippen MR) is 194 cm³/mol. The van der Waals surface area contributed by atoms with E-state index in [1.807, 2.05) is 4.90 Å². The maximum absolute atomic E-state index is 13.8. The zero-order chi connectivity index (χ0) is 43.2. The fourth-order valence-electron chi connectivity index (χ4n) is 4.78. The Morgan fingerprint density at radius 3 is 1.47 bits per heavy atom. The van der Waals surface area contributed by atoms with Crippen molar-refractivity contribution < 1.29 is 81.0 Å². The van der Waals surface area contributed by atoms with Gasteiger partial charge in [-0.25, -0.2) is 24.0 Å². The number of nitrogens with zero attached hydrogens (tertiary/aromatic N) is 4. The van der Waals surface area contributed by atoms with Crippen molar-refractivity contribution in [2.24, 2.45) is 0 Å². The highest BCUT2D eigenvalue weighted by molar-refractivity contribution is 6.99. The van der Waals surface area contributed by atoms with Crippen LogP contribution in [0.5, 0.6) is 5.88 Å². The van der Waals surface area contributed by atoms with Crippen LogP contribution in [0.2, 0.25) is 0 Å². The number of rotatable bonds is 19. The SMILES string of the molecule is CC(=O)OC(C)C(=O)OC(C)C(=O)OC(C)C(=O)OC(C)C(=O)OC(COc1nsnc1N1CCOCC1)CN(C(=O)C(C)OC(=O)C(C)OC(C)=O)C(C)(C)C. The highest BCUT2D eigenvalue weighted by Gasteiger charge is 2.37. The van der Waals surface area contributed by atoms with E-state index in [1.54, 1.807) is 20.8 Å². The predicted octanol–water partition coefficient (Wildman–Crippen LogP) is 0.922. The normalized spacial score (nSPS) is 16.5. The number of morpholine rings is 1. The third-order valence-corrected chi connectivity index (χ3v) is 8.27. The van der Waals surface area contributed by atoms with Gasteiger partial charge in [0, 0.05) is 32.5 Å². The fraction of sp³-hybridized carbons (Fsp3) is 0.714. The number of hydrogen-bond donors (Lipinski definition) is 0. The Hall–Kier alpha value is -5.12. The third kappa shape index (κ3) is 15.7. The second kappa shape index (κ2) is 22.0. The quantitative estimate of drug-likeness (QED) is 0.139. The number of anilines is 1. The van der Waals surface area contributed by atoms with Crippen molar-refractivity contribution in [2.45, 2.75) is 124 Å². The van der Waals surface area contributed by atoms with Crippen LogP contribution < -0.4 is 9.64 Å². The van der Waals surface area contributed by atoms with Crippen molar-refractivity contribution in [2.75, 3.05) is 44.4 Å². The van der Waals surface area contributed by atoms with Crippen molar-refractivity contribution in [3.63, 3.8) is 0 Å². The van der Waals surface area contributed by atoms with Gasteiger partial charge in [0.15, 0.2) is 42.7 Å². The molecule has 1 aromatic heterocycles. The van der Waals surface area contributed by atoms with Crippen molar-refractivity contribution >= 4 is 65.2 Å². The highest BCUT2D eigenvalue weighted by Crippen LogP contribution is 2.27. The molecule has 1 aliphatic rings. The summed E-state index contributed by atoms with van der Waals surface area (Å²) in [6.07, 6.45) is -9.84. The molecule has 21 nitrogen and oxygen atoms in total. The van der Waals surface area contributed by atoms with Gasteiger partial charge >= 0.3 is 41.8 Å². The van der Waals surface area contributed by atoms with Crippen LogP contribution in [0.25, 0.3) is 0 Å². The van der Waals surface area contributed by atoms with Gasteiger partial charge in [-0.2, -0.15) is 4.37 Å². The lowest BCUT2D eigenvalue weighted by Gasteiger charge is -2.39. The van der Waals surface area contributed by atoms with Crippen molar-refractivity contribution in [3.8, 4) is 5.88 Å². The van der Waals surface area contributed by atoms with Crippen LogP contribution in [0.1, 0.15) is 76.2 Å².